The average molecular weight is 280 g/mol. The van der Waals surface area contributed by atoms with Gasteiger partial charge in [-0.3, -0.25) is 9.59 Å². The van der Waals surface area contributed by atoms with Crippen LogP contribution in [-0.2, 0) is 6.54 Å². The van der Waals surface area contributed by atoms with E-state index >= 15 is 0 Å². The second-order valence-electron chi connectivity index (χ2n) is 4.85. The molecule has 0 unspecified atom stereocenters. The van der Waals surface area contributed by atoms with Crippen molar-refractivity contribution in [1.29, 1.82) is 0 Å². The first kappa shape index (κ1) is 13.2. The first-order valence-corrected chi connectivity index (χ1v) is 6.61. The molecular formula is C16H14N3O2+. The molecule has 0 fully saturated rings. The number of fused-ring (bicyclic) bond motifs is 1. The summed E-state index contributed by atoms with van der Waals surface area (Å²) in [6, 6.07) is 10.8. The second-order valence-corrected chi connectivity index (χ2v) is 4.85. The van der Waals surface area contributed by atoms with Crippen molar-refractivity contribution in [3.05, 3.63) is 70.5 Å². The number of aromatic amines is 1. The lowest BCUT2D eigenvalue weighted by molar-refractivity contribution is -0.689. The molecule has 2 heterocycles. The molecule has 3 aromatic rings. The Morgan fingerprint density at radius 3 is 2.86 bits per heavy atom. The number of hydrogen-bond acceptors (Lipinski definition) is 3. The van der Waals surface area contributed by atoms with Gasteiger partial charge >= 0.3 is 0 Å². The van der Waals surface area contributed by atoms with Crippen molar-refractivity contribution < 1.29 is 9.36 Å². The fourth-order valence-electron chi connectivity index (χ4n) is 2.21. The average Bonchev–Trinajstić information content (AvgIpc) is 2.47. The minimum absolute atomic E-state index is 0.00399. The number of Topliss-reactive ketones (excluding diaryl/α,β-unsaturated/α-hetero) is 1. The van der Waals surface area contributed by atoms with Gasteiger partial charge in [-0.1, -0.05) is 12.1 Å². The van der Waals surface area contributed by atoms with Crippen LogP contribution in [0, 0.1) is 0 Å². The summed E-state index contributed by atoms with van der Waals surface area (Å²) in [6.45, 7) is 1.93. The van der Waals surface area contributed by atoms with Crippen LogP contribution in [0.3, 0.4) is 0 Å². The third kappa shape index (κ3) is 2.72. The molecule has 0 aliphatic heterocycles. The number of nitrogens with one attached hydrogen (secondary N) is 1. The van der Waals surface area contributed by atoms with Gasteiger partial charge in [-0.15, -0.1) is 0 Å². The number of para-hydroxylation sites is 1. The van der Waals surface area contributed by atoms with Crippen LogP contribution in [0.25, 0.3) is 10.9 Å². The Kier molecular flexibility index (Phi) is 3.31. The first-order chi connectivity index (χ1) is 10.1. The lowest BCUT2D eigenvalue weighted by Crippen LogP contribution is -2.36. The van der Waals surface area contributed by atoms with E-state index in [4.69, 9.17) is 0 Å². The third-order valence-electron chi connectivity index (χ3n) is 3.26. The van der Waals surface area contributed by atoms with Crippen molar-refractivity contribution in [2.24, 2.45) is 0 Å². The Hall–Kier alpha value is -2.82. The smallest absolute Gasteiger partial charge is 0.258 e. The van der Waals surface area contributed by atoms with Crippen LogP contribution in [0.1, 0.15) is 23.1 Å². The number of nitrogens with zero attached hydrogens (tertiary/aromatic N) is 2. The molecule has 0 atom stereocenters. The molecule has 0 bridgehead atoms. The van der Waals surface area contributed by atoms with Gasteiger partial charge in [0.05, 0.1) is 16.5 Å². The van der Waals surface area contributed by atoms with Gasteiger partial charge in [0.15, 0.2) is 24.0 Å². The predicted octanol–water partition coefficient (Wildman–Crippen LogP) is 1.46. The van der Waals surface area contributed by atoms with Gasteiger partial charge in [-0.2, -0.15) is 4.57 Å². The zero-order valence-corrected chi connectivity index (χ0v) is 11.5. The molecule has 0 amide bonds. The number of hydrogen-bond donors (Lipinski definition) is 1. The number of rotatable bonds is 3. The van der Waals surface area contributed by atoms with Gasteiger partial charge in [-0.05, 0) is 25.1 Å². The van der Waals surface area contributed by atoms with Crippen molar-refractivity contribution in [3.8, 4) is 0 Å². The fraction of sp³-hybridized carbons (Fsp3) is 0.125. The van der Waals surface area contributed by atoms with E-state index in [9.17, 15) is 9.59 Å². The minimum atomic E-state index is -0.154. The maximum atomic E-state index is 12.0. The highest BCUT2D eigenvalue weighted by Gasteiger charge is 2.10. The van der Waals surface area contributed by atoms with E-state index < -0.39 is 0 Å². The first-order valence-electron chi connectivity index (χ1n) is 6.61. The molecule has 0 aliphatic carbocycles. The van der Waals surface area contributed by atoms with Crippen LogP contribution >= 0.6 is 0 Å². The van der Waals surface area contributed by atoms with Crippen LogP contribution in [0.15, 0.2) is 53.6 Å². The number of ketones is 1. The van der Waals surface area contributed by atoms with E-state index in [1.165, 1.54) is 6.92 Å². The quantitative estimate of drug-likeness (QED) is 0.583. The lowest BCUT2D eigenvalue weighted by Gasteiger charge is -2.01. The lowest BCUT2D eigenvalue weighted by atomic mass is 10.2. The highest BCUT2D eigenvalue weighted by Crippen LogP contribution is 2.05. The largest absolute Gasteiger partial charge is 0.305 e. The van der Waals surface area contributed by atoms with Crippen molar-refractivity contribution in [3.63, 3.8) is 0 Å². The van der Waals surface area contributed by atoms with Gasteiger partial charge in [0.2, 0.25) is 6.54 Å². The Labute approximate surface area is 120 Å². The fourth-order valence-corrected chi connectivity index (χ4v) is 2.21. The van der Waals surface area contributed by atoms with E-state index in [2.05, 4.69) is 9.97 Å². The Bertz CT molecular complexity index is 884. The van der Waals surface area contributed by atoms with E-state index in [-0.39, 0.29) is 11.3 Å². The van der Waals surface area contributed by atoms with Gasteiger partial charge in [0.1, 0.15) is 0 Å². The Balaban J connectivity index is 2.00. The molecule has 5 nitrogen and oxygen atoms in total. The van der Waals surface area contributed by atoms with Crippen molar-refractivity contribution >= 4 is 16.7 Å². The topological polar surface area (TPSA) is 66.7 Å². The highest BCUT2D eigenvalue weighted by molar-refractivity contribution is 5.93. The van der Waals surface area contributed by atoms with Crippen molar-refractivity contribution in [1.82, 2.24) is 9.97 Å². The number of aromatic nitrogens is 3. The molecule has 0 saturated carbocycles. The molecule has 3 rings (SSSR count). The molecule has 5 heteroatoms. The maximum Gasteiger partial charge on any atom is 0.258 e. The molecule has 0 saturated heterocycles. The van der Waals surface area contributed by atoms with E-state index in [1.807, 2.05) is 29.0 Å². The molecular weight excluding hydrogens is 266 g/mol. The predicted molar refractivity (Wildman–Crippen MR) is 78.1 cm³/mol. The summed E-state index contributed by atoms with van der Waals surface area (Å²) in [5.41, 5.74) is 1.14. The van der Waals surface area contributed by atoms with Crippen LogP contribution < -0.4 is 10.1 Å². The maximum absolute atomic E-state index is 12.0. The summed E-state index contributed by atoms with van der Waals surface area (Å²) in [5.74, 6) is 0.564. The number of carbonyl (C=O) groups is 1. The summed E-state index contributed by atoms with van der Waals surface area (Å²) in [7, 11) is 0. The molecule has 1 aromatic carbocycles. The normalized spacial score (nSPS) is 10.7. The molecule has 21 heavy (non-hydrogen) atoms. The van der Waals surface area contributed by atoms with Gasteiger partial charge in [0, 0.05) is 6.07 Å². The van der Waals surface area contributed by atoms with Gasteiger partial charge in [0.25, 0.3) is 5.56 Å². The standard InChI is InChI=1S/C16H13N3O2/c1-11(20)12-5-4-8-19(9-12)10-15-17-14-7-3-2-6-13(14)16(21)18-15/h2-9H,10H2,1H3/p+1. The molecule has 0 spiro atoms. The number of carbonyl (C=O) groups excluding carboxylic acids is 1. The van der Waals surface area contributed by atoms with E-state index in [0.717, 1.165) is 0 Å². The van der Waals surface area contributed by atoms with E-state index in [1.54, 1.807) is 24.4 Å². The SMILES string of the molecule is CC(=O)c1ccc[n+](Cc2nc3ccccc3c(=O)[nH]2)c1. The second kappa shape index (κ2) is 5.28. The summed E-state index contributed by atoms with van der Waals surface area (Å²) < 4.78 is 1.82. The molecule has 0 radical (unpaired) electrons. The van der Waals surface area contributed by atoms with Gasteiger partial charge in [-0.25, -0.2) is 4.98 Å². The molecule has 104 valence electrons. The van der Waals surface area contributed by atoms with Crippen molar-refractivity contribution in [2.45, 2.75) is 13.5 Å². The van der Waals surface area contributed by atoms with Crippen LogP contribution in [0.2, 0.25) is 0 Å². The minimum Gasteiger partial charge on any atom is -0.305 e. The van der Waals surface area contributed by atoms with Crippen LogP contribution in [0.5, 0.6) is 0 Å². The van der Waals surface area contributed by atoms with Gasteiger partial charge < -0.3 is 4.98 Å². The van der Waals surface area contributed by atoms with Crippen molar-refractivity contribution in [2.75, 3.05) is 0 Å². The Morgan fingerprint density at radius 1 is 1.24 bits per heavy atom. The van der Waals surface area contributed by atoms with Crippen LogP contribution in [0.4, 0.5) is 0 Å². The zero-order valence-electron chi connectivity index (χ0n) is 11.5. The van der Waals surface area contributed by atoms with E-state index in [0.29, 0.717) is 28.8 Å². The molecule has 2 aromatic heterocycles. The Morgan fingerprint density at radius 2 is 2.05 bits per heavy atom. The summed E-state index contributed by atoms with van der Waals surface area (Å²) in [6.07, 6.45) is 3.58. The third-order valence-corrected chi connectivity index (χ3v) is 3.26. The summed E-state index contributed by atoms with van der Waals surface area (Å²) in [4.78, 5) is 30.6. The monoisotopic (exact) mass is 280 g/mol. The number of pyridine rings is 1. The summed E-state index contributed by atoms with van der Waals surface area (Å²) >= 11 is 0. The number of H-pyrrole nitrogens is 1. The molecule has 0 aliphatic rings. The number of benzene rings is 1. The highest BCUT2D eigenvalue weighted by atomic mass is 16.1. The molecule has 1 N–H and O–H groups in total. The van der Waals surface area contributed by atoms with Crippen LogP contribution in [-0.4, -0.2) is 15.8 Å². The zero-order chi connectivity index (χ0) is 14.8. The summed E-state index contributed by atoms with van der Waals surface area (Å²) in [5, 5.41) is 0.573.